The third-order valence-corrected chi connectivity index (χ3v) is 2.35. The monoisotopic (exact) mass is 246 g/mol. The number of rotatable bonds is 5. The van der Waals surface area contributed by atoms with Crippen LogP contribution in [0.25, 0.3) is 0 Å². The van der Waals surface area contributed by atoms with E-state index in [9.17, 15) is 13.2 Å². The molecule has 1 aromatic rings. The molecular formula is C12H17F3N2. The predicted molar refractivity (Wildman–Crippen MR) is 62.0 cm³/mol. The normalized spacial score (nSPS) is 11.6. The minimum absolute atomic E-state index is 0.299. The van der Waals surface area contributed by atoms with Crippen LogP contribution < -0.4 is 5.32 Å². The highest BCUT2D eigenvalue weighted by molar-refractivity contribution is 5.39. The van der Waals surface area contributed by atoms with Crippen molar-refractivity contribution in [1.82, 2.24) is 4.98 Å². The van der Waals surface area contributed by atoms with Crippen molar-refractivity contribution in [2.45, 2.75) is 39.3 Å². The lowest BCUT2D eigenvalue weighted by Crippen LogP contribution is -2.11. The Hall–Kier alpha value is -1.26. The molecule has 0 unspecified atom stereocenters. The summed E-state index contributed by atoms with van der Waals surface area (Å²) in [5, 5.41) is 2.92. The minimum atomic E-state index is -4.38. The van der Waals surface area contributed by atoms with E-state index in [-0.39, 0.29) is 0 Å². The molecule has 0 aromatic carbocycles. The number of aromatic nitrogens is 1. The Bertz CT molecular complexity index is 361. The summed E-state index contributed by atoms with van der Waals surface area (Å²) in [6, 6.07) is 2.68. The molecule has 0 amide bonds. The summed E-state index contributed by atoms with van der Waals surface area (Å²) in [5.41, 5.74) is -0.277. The fraction of sp³-hybridized carbons (Fsp3) is 0.583. The van der Waals surface area contributed by atoms with E-state index in [4.69, 9.17) is 0 Å². The maximum absolute atomic E-state index is 12.5. The number of aryl methyl sites for hydroxylation is 1. The first-order valence-corrected chi connectivity index (χ1v) is 5.73. The van der Waals surface area contributed by atoms with Crippen LogP contribution in [-0.4, -0.2) is 11.5 Å². The molecule has 0 radical (unpaired) electrons. The van der Waals surface area contributed by atoms with Gasteiger partial charge in [-0.15, -0.1) is 0 Å². The average molecular weight is 246 g/mol. The maximum atomic E-state index is 12.5. The minimum Gasteiger partial charge on any atom is -0.370 e. The van der Waals surface area contributed by atoms with E-state index in [1.165, 1.54) is 0 Å². The first kappa shape index (κ1) is 13.8. The molecule has 1 N–H and O–H groups in total. The fourth-order valence-corrected chi connectivity index (χ4v) is 1.49. The molecule has 1 heterocycles. The zero-order valence-electron chi connectivity index (χ0n) is 10.1. The van der Waals surface area contributed by atoms with Gasteiger partial charge in [-0.3, -0.25) is 0 Å². The van der Waals surface area contributed by atoms with E-state index in [1.807, 2.05) is 0 Å². The summed E-state index contributed by atoms with van der Waals surface area (Å²) in [4.78, 5) is 3.57. The summed E-state index contributed by atoms with van der Waals surface area (Å²) >= 11 is 0. The van der Waals surface area contributed by atoms with Crippen LogP contribution in [0.15, 0.2) is 12.1 Å². The van der Waals surface area contributed by atoms with Crippen molar-refractivity contribution < 1.29 is 13.2 Å². The van der Waals surface area contributed by atoms with Gasteiger partial charge in [-0.05, 0) is 31.0 Å². The second-order valence-electron chi connectivity index (χ2n) is 4.05. The van der Waals surface area contributed by atoms with Crippen LogP contribution in [0.1, 0.15) is 37.4 Å². The lowest BCUT2D eigenvalue weighted by atomic mass is 10.2. The maximum Gasteiger partial charge on any atom is 0.433 e. The van der Waals surface area contributed by atoms with Gasteiger partial charge in [0.25, 0.3) is 0 Å². The number of unbranched alkanes of at least 4 members (excludes halogenated alkanes) is 2. The van der Waals surface area contributed by atoms with Crippen LogP contribution in [0.3, 0.4) is 0 Å². The fourth-order valence-electron chi connectivity index (χ4n) is 1.49. The molecule has 0 aliphatic heterocycles. The van der Waals surface area contributed by atoms with Gasteiger partial charge in [0.1, 0.15) is 11.5 Å². The van der Waals surface area contributed by atoms with Gasteiger partial charge in [-0.25, -0.2) is 4.98 Å². The number of alkyl halides is 3. The molecule has 0 aliphatic rings. The predicted octanol–water partition coefficient (Wildman–Crippen LogP) is 4.01. The van der Waals surface area contributed by atoms with Gasteiger partial charge in [-0.2, -0.15) is 13.2 Å². The van der Waals surface area contributed by atoms with Crippen molar-refractivity contribution in [3.8, 4) is 0 Å². The summed E-state index contributed by atoms with van der Waals surface area (Å²) < 4.78 is 37.5. The van der Waals surface area contributed by atoms with E-state index in [0.29, 0.717) is 17.9 Å². The Balaban J connectivity index is 2.69. The smallest absolute Gasteiger partial charge is 0.370 e. The van der Waals surface area contributed by atoms with Gasteiger partial charge >= 0.3 is 6.18 Å². The summed E-state index contributed by atoms with van der Waals surface area (Å²) in [5.74, 6) is 0.299. The molecule has 1 aromatic heterocycles. The van der Waals surface area contributed by atoms with Crippen LogP contribution in [-0.2, 0) is 6.18 Å². The molecule has 0 aliphatic carbocycles. The highest BCUT2D eigenvalue weighted by Gasteiger charge is 2.32. The number of hydrogen-bond donors (Lipinski definition) is 1. The zero-order valence-corrected chi connectivity index (χ0v) is 10.1. The third-order valence-electron chi connectivity index (χ3n) is 2.35. The number of anilines is 1. The summed E-state index contributed by atoms with van der Waals surface area (Å²) in [6.07, 6.45) is -1.30. The van der Waals surface area contributed by atoms with Crippen molar-refractivity contribution in [2.75, 3.05) is 11.9 Å². The number of nitrogens with zero attached hydrogens (tertiary/aromatic N) is 1. The van der Waals surface area contributed by atoms with Gasteiger partial charge < -0.3 is 5.32 Å². The lowest BCUT2D eigenvalue weighted by Gasteiger charge is -2.10. The van der Waals surface area contributed by atoms with E-state index < -0.39 is 11.9 Å². The topological polar surface area (TPSA) is 24.9 Å². The van der Waals surface area contributed by atoms with Crippen molar-refractivity contribution in [3.05, 3.63) is 23.4 Å². The quantitative estimate of drug-likeness (QED) is 0.794. The van der Waals surface area contributed by atoms with Crippen LogP contribution in [0.2, 0.25) is 0 Å². The zero-order chi connectivity index (χ0) is 12.9. The van der Waals surface area contributed by atoms with Crippen LogP contribution in [0, 0.1) is 6.92 Å². The van der Waals surface area contributed by atoms with Crippen molar-refractivity contribution in [1.29, 1.82) is 0 Å². The van der Waals surface area contributed by atoms with Gasteiger partial charge in [0.2, 0.25) is 0 Å². The van der Waals surface area contributed by atoms with E-state index in [0.717, 1.165) is 25.3 Å². The second kappa shape index (κ2) is 5.89. The standard InChI is InChI=1S/C12H17F3N2/c1-3-4-5-6-16-11-8-9(2)7-10(17-11)12(13,14)15/h7-8H,3-6H2,1-2H3,(H,16,17). The Morgan fingerprint density at radius 2 is 1.94 bits per heavy atom. The third kappa shape index (κ3) is 4.63. The Morgan fingerprint density at radius 3 is 2.53 bits per heavy atom. The molecule has 2 nitrogen and oxygen atoms in total. The SMILES string of the molecule is CCCCCNc1cc(C)cc(C(F)(F)F)n1. The molecule has 0 saturated heterocycles. The largest absolute Gasteiger partial charge is 0.433 e. The van der Waals surface area contributed by atoms with Gasteiger partial charge in [0.15, 0.2) is 0 Å². The molecule has 5 heteroatoms. The Kier molecular flexibility index (Phi) is 4.78. The molecule has 96 valence electrons. The summed E-state index contributed by atoms with van der Waals surface area (Å²) in [6.45, 7) is 4.36. The van der Waals surface area contributed by atoms with Gasteiger partial charge in [0, 0.05) is 6.54 Å². The number of hydrogen-bond acceptors (Lipinski definition) is 2. The van der Waals surface area contributed by atoms with Crippen molar-refractivity contribution in [3.63, 3.8) is 0 Å². The first-order chi connectivity index (χ1) is 7.93. The average Bonchev–Trinajstić information content (AvgIpc) is 2.22. The molecule has 0 saturated carbocycles. The van der Waals surface area contributed by atoms with Gasteiger partial charge in [-0.1, -0.05) is 19.8 Å². The van der Waals surface area contributed by atoms with E-state index >= 15 is 0 Å². The molecule has 1 rings (SSSR count). The lowest BCUT2D eigenvalue weighted by molar-refractivity contribution is -0.141. The Labute approximate surface area is 99.3 Å². The number of pyridine rings is 1. The van der Waals surface area contributed by atoms with Crippen LogP contribution in [0.5, 0.6) is 0 Å². The van der Waals surface area contributed by atoms with Crippen LogP contribution >= 0.6 is 0 Å². The van der Waals surface area contributed by atoms with E-state index in [2.05, 4.69) is 17.2 Å². The second-order valence-corrected chi connectivity index (χ2v) is 4.05. The number of halogens is 3. The molecule has 0 fully saturated rings. The molecule has 17 heavy (non-hydrogen) atoms. The Morgan fingerprint density at radius 1 is 1.24 bits per heavy atom. The summed E-state index contributed by atoms with van der Waals surface area (Å²) in [7, 11) is 0. The van der Waals surface area contributed by atoms with E-state index in [1.54, 1.807) is 13.0 Å². The van der Waals surface area contributed by atoms with Gasteiger partial charge in [0.05, 0.1) is 0 Å². The van der Waals surface area contributed by atoms with Crippen LogP contribution in [0.4, 0.5) is 19.0 Å². The molecule has 0 atom stereocenters. The van der Waals surface area contributed by atoms with Crippen molar-refractivity contribution in [2.24, 2.45) is 0 Å². The molecule has 0 spiro atoms. The number of nitrogens with one attached hydrogen (secondary N) is 1. The first-order valence-electron chi connectivity index (χ1n) is 5.73. The molecule has 0 bridgehead atoms. The highest BCUT2D eigenvalue weighted by atomic mass is 19.4. The highest BCUT2D eigenvalue weighted by Crippen LogP contribution is 2.29. The van der Waals surface area contributed by atoms with Crippen molar-refractivity contribution >= 4 is 5.82 Å². The molecular weight excluding hydrogens is 229 g/mol.